The number of aliphatic hydroxyl groups excluding tert-OH is 1. The number of nitrogens with zero attached hydrogens (tertiary/aromatic N) is 1. The first-order chi connectivity index (χ1) is 10.6. The minimum absolute atomic E-state index is 0.495. The number of imidazole rings is 1. The summed E-state index contributed by atoms with van der Waals surface area (Å²) in [6.07, 6.45) is -0.495. The molecule has 0 bridgehead atoms. The molecule has 1 unspecified atom stereocenters. The first kappa shape index (κ1) is 15.4. The number of fused-ring (bicyclic) bond motifs is 1. The highest BCUT2D eigenvalue weighted by Crippen LogP contribution is 2.24. The van der Waals surface area contributed by atoms with Crippen LogP contribution in [0.3, 0.4) is 0 Å². The standard InChI is InChI=1S/C17H17ClN2OS/c1-11-8-12(6-7-13(11)18)16(21)9-22-10-17-19-14-4-2-3-5-15(14)20-17/h2-8,16,21H,9-10H2,1H3,(H,19,20). The predicted octanol–water partition coefficient (Wildman–Crippen LogP) is 4.49. The van der Waals surface area contributed by atoms with Crippen molar-refractivity contribution < 1.29 is 5.11 Å². The normalized spacial score (nSPS) is 12.7. The topological polar surface area (TPSA) is 48.9 Å². The molecule has 22 heavy (non-hydrogen) atoms. The van der Waals surface area contributed by atoms with Gasteiger partial charge in [-0.1, -0.05) is 35.9 Å². The molecule has 0 fully saturated rings. The number of aromatic amines is 1. The van der Waals surface area contributed by atoms with Crippen LogP contribution in [0.2, 0.25) is 5.02 Å². The summed E-state index contributed by atoms with van der Waals surface area (Å²) in [5, 5.41) is 11.0. The lowest BCUT2D eigenvalue weighted by Crippen LogP contribution is -2.01. The Morgan fingerprint density at radius 3 is 2.86 bits per heavy atom. The van der Waals surface area contributed by atoms with Crippen LogP contribution < -0.4 is 0 Å². The van der Waals surface area contributed by atoms with Gasteiger partial charge < -0.3 is 10.1 Å². The number of rotatable bonds is 5. The van der Waals surface area contributed by atoms with E-state index in [0.29, 0.717) is 5.75 Å². The van der Waals surface area contributed by atoms with E-state index in [9.17, 15) is 5.11 Å². The number of halogens is 1. The van der Waals surface area contributed by atoms with E-state index in [-0.39, 0.29) is 0 Å². The van der Waals surface area contributed by atoms with Gasteiger partial charge in [-0.05, 0) is 36.2 Å². The molecular weight excluding hydrogens is 316 g/mol. The van der Waals surface area contributed by atoms with Crippen molar-refractivity contribution in [2.24, 2.45) is 0 Å². The van der Waals surface area contributed by atoms with Gasteiger partial charge in [0.05, 0.1) is 22.9 Å². The van der Waals surface area contributed by atoms with Crippen molar-refractivity contribution in [3.05, 3.63) is 64.4 Å². The van der Waals surface area contributed by atoms with Crippen molar-refractivity contribution in [3.8, 4) is 0 Å². The minimum atomic E-state index is -0.495. The number of benzene rings is 2. The summed E-state index contributed by atoms with van der Waals surface area (Å²) in [5.74, 6) is 2.31. The van der Waals surface area contributed by atoms with E-state index in [0.717, 1.165) is 38.8 Å². The van der Waals surface area contributed by atoms with Gasteiger partial charge in [-0.3, -0.25) is 0 Å². The molecule has 0 aliphatic rings. The molecule has 0 aliphatic heterocycles. The van der Waals surface area contributed by atoms with Crippen molar-refractivity contribution in [2.45, 2.75) is 18.8 Å². The van der Waals surface area contributed by atoms with Gasteiger partial charge >= 0.3 is 0 Å². The maximum absolute atomic E-state index is 10.3. The van der Waals surface area contributed by atoms with Crippen LogP contribution >= 0.6 is 23.4 Å². The molecule has 1 heterocycles. The molecule has 0 saturated heterocycles. The number of aromatic nitrogens is 2. The number of hydrogen-bond donors (Lipinski definition) is 2. The lowest BCUT2D eigenvalue weighted by molar-refractivity contribution is 0.204. The molecule has 2 aromatic carbocycles. The first-order valence-corrected chi connectivity index (χ1v) is 8.62. The third-order valence-electron chi connectivity index (χ3n) is 3.52. The number of aryl methyl sites for hydroxylation is 1. The molecule has 0 saturated carbocycles. The third-order valence-corrected chi connectivity index (χ3v) is 4.97. The molecule has 0 spiro atoms. The Bertz CT molecular complexity index is 754. The fourth-order valence-electron chi connectivity index (χ4n) is 2.31. The molecule has 114 valence electrons. The Morgan fingerprint density at radius 2 is 2.09 bits per heavy atom. The minimum Gasteiger partial charge on any atom is -0.388 e. The van der Waals surface area contributed by atoms with Gasteiger partial charge in [-0.2, -0.15) is 11.8 Å². The smallest absolute Gasteiger partial charge is 0.117 e. The van der Waals surface area contributed by atoms with E-state index in [2.05, 4.69) is 9.97 Å². The van der Waals surface area contributed by atoms with Gasteiger partial charge in [-0.25, -0.2) is 4.98 Å². The van der Waals surface area contributed by atoms with Gasteiger partial charge in [0, 0.05) is 10.8 Å². The Balaban J connectivity index is 1.58. The second-order valence-electron chi connectivity index (χ2n) is 5.24. The summed E-state index contributed by atoms with van der Waals surface area (Å²) in [6.45, 7) is 1.94. The van der Waals surface area contributed by atoms with E-state index in [1.54, 1.807) is 11.8 Å². The summed E-state index contributed by atoms with van der Waals surface area (Å²) < 4.78 is 0. The van der Waals surface area contributed by atoms with Crippen LogP contribution in [0.15, 0.2) is 42.5 Å². The van der Waals surface area contributed by atoms with Crippen LogP contribution in [0.5, 0.6) is 0 Å². The summed E-state index contributed by atoms with van der Waals surface area (Å²) >= 11 is 7.67. The molecular formula is C17H17ClN2OS. The zero-order chi connectivity index (χ0) is 15.5. The van der Waals surface area contributed by atoms with E-state index in [4.69, 9.17) is 11.6 Å². The monoisotopic (exact) mass is 332 g/mol. The summed E-state index contributed by atoms with van der Waals surface area (Å²) in [7, 11) is 0. The Morgan fingerprint density at radius 1 is 1.27 bits per heavy atom. The summed E-state index contributed by atoms with van der Waals surface area (Å²) in [5.41, 5.74) is 3.92. The number of H-pyrrole nitrogens is 1. The average Bonchev–Trinajstić information content (AvgIpc) is 2.92. The Labute approximate surface area is 138 Å². The second kappa shape index (κ2) is 6.73. The highest BCUT2D eigenvalue weighted by molar-refractivity contribution is 7.98. The van der Waals surface area contributed by atoms with Crippen LogP contribution in [-0.2, 0) is 5.75 Å². The summed E-state index contributed by atoms with van der Waals surface area (Å²) in [6, 6.07) is 13.6. The van der Waals surface area contributed by atoms with Gasteiger partial charge in [0.15, 0.2) is 0 Å². The van der Waals surface area contributed by atoms with Crippen LogP contribution in [-0.4, -0.2) is 20.8 Å². The fraction of sp³-hybridized carbons (Fsp3) is 0.235. The van der Waals surface area contributed by atoms with Crippen LogP contribution in [0.1, 0.15) is 23.1 Å². The third kappa shape index (κ3) is 3.46. The number of aliphatic hydroxyl groups is 1. The highest BCUT2D eigenvalue weighted by Gasteiger charge is 2.10. The molecule has 2 N–H and O–H groups in total. The number of para-hydroxylation sites is 2. The van der Waals surface area contributed by atoms with E-state index < -0.39 is 6.10 Å². The Kier molecular flexibility index (Phi) is 4.71. The zero-order valence-corrected chi connectivity index (χ0v) is 13.8. The highest BCUT2D eigenvalue weighted by atomic mass is 35.5. The number of hydrogen-bond acceptors (Lipinski definition) is 3. The SMILES string of the molecule is Cc1cc(C(O)CSCc2nc3ccccc3[nH]2)ccc1Cl. The van der Waals surface area contributed by atoms with Gasteiger partial charge in [0.2, 0.25) is 0 Å². The van der Waals surface area contributed by atoms with Gasteiger partial charge in [-0.15, -0.1) is 0 Å². The Hall–Kier alpha value is -1.49. The second-order valence-corrected chi connectivity index (χ2v) is 6.68. The molecule has 0 amide bonds. The van der Waals surface area contributed by atoms with Gasteiger partial charge in [0.1, 0.15) is 5.82 Å². The molecule has 3 aromatic rings. The van der Waals surface area contributed by atoms with Crippen molar-refractivity contribution in [2.75, 3.05) is 5.75 Å². The van der Waals surface area contributed by atoms with Crippen molar-refractivity contribution in [1.82, 2.24) is 9.97 Å². The van der Waals surface area contributed by atoms with Crippen LogP contribution in [0.4, 0.5) is 0 Å². The molecule has 5 heteroatoms. The van der Waals surface area contributed by atoms with Crippen LogP contribution in [0.25, 0.3) is 11.0 Å². The predicted molar refractivity (Wildman–Crippen MR) is 93.4 cm³/mol. The molecule has 3 nitrogen and oxygen atoms in total. The number of nitrogens with one attached hydrogen (secondary N) is 1. The molecule has 0 radical (unpaired) electrons. The number of thioether (sulfide) groups is 1. The quantitative estimate of drug-likeness (QED) is 0.723. The van der Waals surface area contributed by atoms with Gasteiger partial charge in [0.25, 0.3) is 0 Å². The average molecular weight is 333 g/mol. The lowest BCUT2D eigenvalue weighted by atomic mass is 10.1. The van der Waals surface area contributed by atoms with Crippen molar-refractivity contribution in [3.63, 3.8) is 0 Å². The van der Waals surface area contributed by atoms with Crippen molar-refractivity contribution >= 4 is 34.4 Å². The molecule has 1 atom stereocenters. The molecule has 0 aliphatic carbocycles. The van der Waals surface area contributed by atoms with E-state index in [1.807, 2.05) is 49.4 Å². The summed E-state index contributed by atoms with van der Waals surface area (Å²) in [4.78, 5) is 7.83. The van der Waals surface area contributed by atoms with Crippen molar-refractivity contribution in [1.29, 1.82) is 0 Å². The van der Waals surface area contributed by atoms with Crippen LogP contribution in [0, 0.1) is 6.92 Å². The molecule has 3 rings (SSSR count). The fourth-order valence-corrected chi connectivity index (χ4v) is 3.29. The van der Waals surface area contributed by atoms with E-state index in [1.165, 1.54) is 0 Å². The maximum atomic E-state index is 10.3. The zero-order valence-electron chi connectivity index (χ0n) is 12.2. The van der Waals surface area contributed by atoms with E-state index >= 15 is 0 Å². The largest absolute Gasteiger partial charge is 0.388 e. The maximum Gasteiger partial charge on any atom is 0.117 e. The molecule has 1 aromatic heterocycles. The lowest BCUT2D eigenvalue weighted by Gasteiger charge is -2.11. The first-order valence-electron chi connectivity index (χ1n) is 7.09.